The van der Waals surface area contributed by atoms with E-state index in [2.05, 4.69) is 21.2 Å². The zero-order valence-electron chi connectivity index (χ0n) is 13.8. The maximum absolute atomic E-state index is 12.5. The molecule has 24 heavy (non-hydrogen) atoms. The van der Waals surface area contributed by atoms with Gasteiger partial charge in [-0.15, -0.1) is 0 Å². The van der Waals surface area contributed by atoms with Crippen molar-refractivity contribution >= 4 is 21.8 Å². The Balaban J connectivity index is 2.12. The summed E-state index contributed by atoms with van der Waals surface area (Å²) in [5, 5.41) is 3.83. The number of unbranched alkanes of at least 4 members (excludes halogenated alkanes) is 7. The minimum Gasteiger partial charge on any atom is -0.352 e. The molecule has 1 rings (SSSR count). The summed E-state index contributed by atoms with van der Waals surface area (Å²) < 4.78 is 37.4. The van der Waals surface area contributed by atoms with E-state index in [0.29, 0.717) is 6.54 Å². The maximum Gasteiger partial charge on any atom is 0.416 e. The second-order valence-electron chi connectivity index (χ2n) is 5.85. The quantitative estimate of drug-likeness (QED) is 0.356. The summed E-state index contributed by atoms with van der Waals surface area (Å²) in [6.07, 6.45) is 4.99. The summed E-state index contributed by atoms with van der Waals surface area (Å²) in [4.78, 5) is 11.8. The third-order valence-electron chi connectivity index (χ3n) is 3.82. The van der Waals surface area contributed by atoms with Crippen molar-refractivity contribution in [2.45, 2.75) is 57.5 Å². The Morgan fingerprint density at radius 2 is 1.38 bits per heavy atom. The Bertz CT molecular complexity index is 474. The summed E-state index contributed by atoms with van der Waals surface area (Å²) in [7, 11) is 0. The van der Waals surface area contributed by atoms with Crippen molar-refractivity contribution in [3.8, 4) is 0 Å². The normalized spacial score (nSPS) is 11.5. The highest BCUT2D eigenvalue weighted by atomic mass is 79.9. The number of benzene rings is 1. The summed E-state index contributed by atoms with van der Waals surface area (Å²) in [6.45, 7) is 0.559. The van der Waals surface area contributed by atoms with Crippen LogP contribution in [0.2, 0.25) is 0 Å². The lowest BCUT2D eigenvalue weighted by Gasteiger charge is -2.08. The van der Waals surface area contributed by atoms with Gasteiger partial charge in [0.2, 0.25) is 0 Å². The highest BCUT2D eigenvalue weighted by molar-refractivity contribution is 9.09. The molecule has 0 heterocycles. The van der Waals surface area contributed by atoms with Crippen LogP contribution in [-0.2, 0) is 6.18 Å². The van der Waals surface area contributed by atoms with Gasteiger partial charge in [0, 0.05) is 17.4 Å². The Morgan fingerprint density at radius 3 is 1.88 bits per heavy atom. The van der Waals surface area contributed by atoms with Crippen LogP contribution in [0.4, 0.5) is 13.2 Å². The molecular formula is C18H25BrF3NO. The molecule has 0 saturated heterocycles. The fourth-order valence-electron chi connectivity index (χ4n) is 2.39. The molecule has 136 valence electrons. The lowest BCUT2D eigenvalue weighted by Crippen LogP contribution is -2.24. The Morgan fingerprint density at radius 1 is 0.875 bits per heavy atom. The van der Waals surface area contributed by atoms with Crippen LogP contribution in [0.3, 0.4) is 0 Å². The predicted molar refractivity (Wildman–Crippen MR) is 94.5 cm³/mol. The number of nitrogens with one attached hydrogen (secondary N) is 1. The number of hydrogen-bond donors (Lipinski definition) is 1. The molecule has 0 radical (unpaired) electrons. The molecular weight excluding hydrogens is 383 g/mol. The van der Waals surface area contributed by atoms with Crippen molar-refractivity contribution < 1.29 is 18.0 Å². The van der Waals surface area contributed by atoms with E-state index in [4.69, 9.17) is 0 Å². The fraction of sp³-hybridized carbons (Fsp3) is 0.611. The monoisotopic (exact) mass is 407 g/mol. The van der Waals surface area contributed by atoms with Gasteiger partial charge in [-0.25, -0.2) is 0 Å². The highest BCUT2D eigenvalue weighted by Crippen LogP contribution is 2.29. The Hall–Kier alpha value is -1.04. The third-order valence-corrected chi connectivity index (χ3v) is 4.38. The summed E-state index contributed by atoms with van der Waals surface area (Å²) in [5.41, 5.74) is -0.482. The van der Waals surface area contributed by atoms with Gasteiger partial charge >= 0.3 is 6.18 Å². The minimum atomic E-state index is -4.37. The molecule has 0 fully saturated rings. The van der Waals surface area contributed by atoms with Crippen LogP contribution in [0.25, 0.3) is 0 Å². The predicted octanol–water partition coefficient (Wildman–Crippen LogP) is 5.95. The van der Waals surface area contributed by atoms with Gasteiger partial charge in [0.05, 0.1) is 5.56 Å². The molecule has 0 unspecified atom stereocenters. The Labute approximate surface area is 150 Å². The molecule has 0 bridgehead atoms. The van der Waals surface area contributed by atoms with E-state index in [1.54, 1.807) is 0 Å². The second kappa shape index (κ2) is 11.5. The van der Waals surface area contributed by atoms with E-state index in [-0.39, 0.29) is 11.5 Å². The van der Waals surface area contributed by atoms with E-state index >= 15 is 0 Å². The number of alkyl halides is 4. The molecule has 0 aliphatic carbocycles. The first-order valence-corrected chi connectivity index (χ1v) is 9.58. The molecule has 2 nitrogen and oxygen atoms in total. The minimum absolute atomic E-state index is 0.259. The van der Waals surface area contributed by atoms with E-state index in [0.717, 1.165) is 36.7 Å². The van der Waals surface area contributed by atoms with Crippen LogP contribution < -0.4 is 5.32 Å². The zero-order valence-corrected chi connectivity index (χ0v) is 15.4. The first kappa shape index (κ1) is 21.0. The van der Waals surface area contributed by atoms with Gasteiger partial charge in [-0.1, -0.05) is 54.5 Å². The zero-order chi connectivity index (χ0) is 17.8. The third kappa shape index (κ3) is 8.71. The molecule has 0 aromatic heterocycles. The number of halogens is 4. The Kier molecular flexibility index (Phi) is 10.1. The van der Waals surface area contributed by atoms with Crippen molar-refractivity contribution in [1.82, 2.24) is 5.32 Å². The molecule has 1 amide bonds. The first-order valence-electron chi connectivity index (χ1n) is 8.46. The smallest absolute Gasteiger partial charge is 0.352 e. The number of amides is 1. The molecule has 1 N–H and O–H groups in total. The summed E-state index contributed by atoms with van der Waals surface area (Å²) >= 11 is 3.42. The van der Waals surface area contributed by atoms with Crippen molar-refractivity contribution in [3.63, 3.8) is 0 Å². The SMILES string of the molecule is O=C(NCCCCCCCCCCBr)c1ccc(C(F)(F)F)cc1. The molecule has 0 aliphatic heterocycles. The number of rotatable bonds is 11. The largest absolute Gasteiger partial charge is 0.416 e. The van der Waals surface area contributed by atoms with Crippen LogP contribution >= 0.6 is 15.9 Å². The van der Waals surface area contributed by atoms with Crippen molar-refractivity contribution in [1.29, 1.82) is 0 Å². The number of carbonyl (C=O) groups is 1. The van der Waals surface area contributed by atoms with Crippen molar-refractivity contribution in [3.05, 3.63) is 35.4 Å². The molecule has 1 aromatic rings. The van der Waals surface area contributed by atoms with Gasteiger partial charge < -0.3 is 5.32 Å². The second-order valence-corrected chi connectivity index (χ2v) is 6.64. The van der Waals surface area contributed by atoms with E-state index in [1.807, 2.05) is 0 Å². The van der Waals surface area contributed by atoms with Crippen molar-refractivity contribution in [2.75, 3.05) is 11.9 Å². The van der Waals surface area contributed by atoms with E-state index in [9.17, 15) is 18.0 Å². The van der Waals surface area contributed by atoms with Gasteiger partial charge in [-0.05, 0) is 37.1 Å². The van der Waals surface area contributed by atoms with E-state index in [1.165, 1.54) is 44.2 Å². The topological polar surface area (TPSA) is 29.1 Å². The summed E-state index contributed by atoms with van der Waals surface area (Å²) in [5.74, 6) is -0.321. The van der Waals surface area contributed by atoms with Gasteiger partial charge in [-0.3, -0.25) is 4.79 Å². The molecule has 0 saturated carbocycles. The lowest BCUT2D eigenvalue weighted by molar-refractivity contribution is -0.137. The standard InChI is InChI=1S/C18H25BrF3NO/c19-13-7-5-3-1-2-4-6-8-14-23-17(24)15-9-11-16(12-10-15)18(20,21)22/h9-12H,1-8,13-14H2,(H,23,24). The average Bonchev–Trinajstić information content (AvgIpc) is 2.55. The van der Waals surface area contributed by atoms with Crippen LogP contribution in [0, 0.1) is 0 Å². The van der Waals surface area contributed by atoms with Crippen LogP contribution in [0.1, 0.15) is 67.3 Å². The fourth-order valence-corrected chi connectivity index (χ4v) is 2.79. The van der Waals surface area contributed by atoms with Gasteiger partial charge in [0.15, 0.2) is 0 Å². The highest BCUT2D eigenvalue weighted by Gasteiger charge is 2.30. The maximum atomic E-state index is 12.5. The van der Waals surface area contributed by atoms with Crippen LogP contribution in [0.15, 0.2) is 24.3 Å². The van der Waals surface area contributed by atoms with Gasteiger partial charge in [0.1, 0.15) is 0 Å². The van der Waals surface area contributed by atoms with Gasteiger partial charge in [-0.2, -0.15) is 13.2 Å². The summed E-state index contributed by atoms with van der Waals surface area (Å²) in [6, 6.07) is 4.30. The average molecular weight is 408 g/mol. The first-order chi connectivity index (χ1) is 11.4. The molecule has 0 aliphatic rings. The molecule has 0 spiro atoms. The van der Waals surface area contributed by atoms with Gasteiger partial charge in [0.25, 0.3) is 5.91 Å². The van der Waals surface area contributed by atoms with Crippen LogP contribution in [0.5, 0.6) is 0 Å². The van der Waals surface area contributed by atoms with Crippen molar-refractivity contribution in [2.24, 2.45) is 0 Å². The lowest BCUT2D eigenvalue weighted by atomic mass is 10.1. The van der Waals surface area contributed by atoms with E-state index < -0.39 is 11.7 Å². The molecule has 0 atom stereocenters. The molecule has 1 aromatic carbocycles. The molecule has 6 heteroatoms. The van der Waals surface area contributed by atoms with Crippen LogP contribution in [-0.4, -0.2) is 17.8 Å². The number of carbonyl (C=O) groups excluding carboxylic acids is 1. The number of hydrogen-bond acceptors (Lipinski definition) is 1.